The number of carbonyl (C=O) groups excluding carboxylic acids is 1. The number of phenolic OH excluding ortho intramolecular Hbond substituents is 1. The second-order valence-electron chi connectivity index (χ2n) is 4.68. The number of amides is 1. The summed E-state index contributed by atoms with van der Waals surface area (Å²) in [6.07, 6.45) is 0.822. The number of methoxy groups -OCH3 is 1. The second kappa shape index (κ2) is 4.22. The van der Waals surface area contributed by atoms with E-state index in [0.29, 0.717) is 11.3 Å². The summed E-state index contributed by atoms with van der Waals surface area (Å²) in [6, 6.07) is 2.51. The zero-order chi connectivity index (χ0) is 13.6. The standard InChI is InChI=1S/C13H13FN2O3/c1-19-12-3-9-10(4-11(12)17)15-5-8-2-7(14)6-16(8)13(9)18/h3-5,7-8,17H,2,6H2,1H3/t7-,8+/m1/s1. The van der Waals surface area contributed by atoms with Crippen molar-refractivity contribution in [3.8, 4) is 11.5 Å². The van der Waals surface area contributed by atoms with E-state index in [2.05, 4.69) is 4.99 Å². The lowest BCUT2D eigenvalue weighted by molar-refractivity contribution is 0.0765. The molecule has 0 aliphatic carbocycles. The number of ether oxygens (including phenoxy) is 1. The number of hydrogen-bond acceptors (Lipinski definition) is 4. The van der Waals surface area contributed by atoms with Gasteiger partial charge in [0.05, 0.1) is 30.9 Å². The third-order valence-corrected chi connectivity index (χ3v) is 3.47. The molecule has 0 spiro atoms. The molecule has 5 nitrogen and oxygen atoms in total. The molecule has 6 heteroatoms. The Kier molecular flexibility index (Phi) is 2.66. The van der Waals surface area contributed by atoms with Gasteiger partial charge in [0.15, 0.2) is 11.5 Å². The van der Waals surface area contributed by atoms with Crippen molar-refractivity contribution in [1.82, 2.24) is 4.90 Å². The van der Waals surface area contributed by atoms with Crippen LogP contribution in [-0.4, -0.2) is 48.0 Å². The first-order valence-electron chi connectivity index (χ1n) is 6.00. The van der Waals surface area contributed by atoms with Crippen LogP contribution in [0.15, 0.2) is 17.1 Å². The van der Waals surface area contributed by atoms with Gasteiger partial charge in [-0.25, -0.2) is 4.39 Å². The maximum atomic E-state index is 13.4. The van der Waals surface area contributed by atoms with Gasteiger partial charge in [0.2, 0.25) is 0 Å². The highest BCUT2D eigenvalue weighted by atomic mass is 19.1. The fraction of sp³-hybridized carbons (Fsp3) is 0.385. The van der Waals surface area contributed by atoms with Gasteiger partial charge in [-0.1, -0.05) is 0 Å². The van der Waals surface area contributed by atoms with Gasteiger partial charge in [-0.15, -0.1) is 0 Å². The van der Waals surface area contributed by atoms with Gasteiger partial charge in [0.1, 0.15) is 6.17 Å². The van der Waals surface area contributed by atoms with E-state index in [0.717, 1.165) is 0 Å². The number of hydrogen-bond donors (Lipinski definition) is 1. The smallest absolute Gasteiger partial charge is 0.256 e. The molecule has 100 valence electrons. The number of fused-ring (bicyclic) bond motifs is 2. The first kappa shape index (κ1) is 12.0. The number of carbonyl (C=O) groups is 1. The van der Waals surface area contributed by atoms with E-state index in [1.807, 2.05) is 0 Å². The molecule has 2 heterocycles. The lowest BCUT2D eigenvalue weighted by Crippen LogP contribution is -2.35. The van der Waals surface area contributed by atoms with E-state index in [-0.39, 0.29) is 36.4 Å². The molecular formula is C13H13FN2O3. The summed E-state index contributed by atoms with van der Waals surface area (Å²) in [6.45, 7) is 0.0815. The number of benzene rings is 1. The van der Waals surface area contributed by atoms with Gasteiger partial charge in [0, 0.05) is 18.7 Å². The van der Waals surface area contributed by atoms with Crippen LogP contribution in [0.1, 0.15) is 16.8 Å². The van der Waals surface area contributed by atoms with Crippen molar-refractivity contribution in [2.24, 2.45) is 4.99 Å². The van der Waals surface area contributed by atoms with Crippen LogP contribution in [0.2, 0.25) is 0 Å². The Labute approximate surface area is 109 Å². The fourth-order valence-corrected chi connectivity index (χ4v) is 2.51. The Hall–Kier alpha value is -2.11. The van der Waals surface area contributed by atoms with Crippen molar-refractivity contribution in [3.63, 3.8) is 0 Å². The molecule has 0 saturated carbocycles. The number of rotatable bonds is 1. The number of aliphatic imine (C=N–C) groups is 1. The molecule has 1 aromatic rings. The van der Waals surface area contributed by atoms with Gasteiger partial charge in [-0.05, 0) is 6.07 Å². The number of nitrogens with zero attached hydrogens (tertiary/aromatic N) is 2. The van der Waals surface area contributed by atoms with Gasteiger partial charge >= 0.3 is 0 Å². The molecule has 1 fully saturated rings. The molecule has 2 atom stereocenters. The predicted molar refractivity (Wildman–Crippen MR) is 67.1 cm³/mol. The minimum absolute atomic E-state index is 0.0726. The maximum absolute atomic E-state index is 13.4. The zero-order valence-corrected chi connectivity index (χ0v) is 10.3. The Morgan fingerprint density at radius 1 is 1.53 bits per heavy atom. The summed E-state index contributed by atoms with van der Waals surface area (Å²) in [4.78, 5) is 18.0. The summed E-state index contributed by atoms with van der Waals surface area (Å²) in [5, 5.41) is 9.71. The Balaban J connectivity index is 2.09. The average Bonchev–Trinajstić information content (AvgIpc) is 2.71. The minimum Gasteiger partial charge on any atom is -0.504 e. The first-order chi connectivity index (χ1) is 9.10. The van der Waals surface area contributed by atoms with Crippen molar-refractivity contribution in [2.75, 3.05) is 13.7 Å². The molecule has 1 saturated heterocycles. The first-order valence-corrected chi connectivity index (χ1v) is 6.00. The van der Waals surface area contributed by atoms with Crippen LogP contribution >= 0.6 is 0 Å². The monoisotopic (exact) mass is 264 g/mol. The summed E-state index contributed by atoms with van der Waals surface area (Å²) >= 11 is 0. The van der Waals surface area contributed by atoms with Gasteiger partial charge in [0.25, 0.3) is 5.91 Å². The largest absolute Gasteiger partial charge is 0.504 e. The molecule has 3 rings (SSSR count). The van der Waals surface area contributed by atoms with Crippen LogP contribution in [0, 0.1) is 0 Å². The highest BCUT2D eigenvalue weighted by Gasteiger charge is 2.37. The second-order valence-corrected chi connectivity index (χ2v) is 4.68. The topological polar surface area (TPSA) is 62.1 Å². The highest BCUT2D eigenvalue weighted by molar-refractivity contribution is 6.03. The Morgan fingerprint density at radius 3 is 3.05 bits per heavy atom. The number of alkyl halides is 1. The van der Waals surface area contributed by atoms with E-state index in [1.54, 1.807) is 6.21 Å². The molecule has 1 N–H and O–H groups in total. The fourth-order valence-electron chi connectivity index (χ4n) is 2.51. The highest BCUT2D eigenvalue weighted by Crippen LogP contribution is 2.37. The van der Waals surface area contributed by atoms with E-state index < -0.39 is 6.17 Å². The molecule has 0 aromatic heterocycles. The molecule has 1 amide bonds. The lowest BCUT2D eigenvalue weighted by atomic mass is 10.1. The molecule has 2 aliphatic rings. The van der Waals surface area contributed by atoms with Crippen LogP contribution in [0.3, 0.4) is 0 Å². The number of aromatic hydroxyl groups is 1. The van der Waals surface area contributed by atoms with Crippen molar-refractivity contribution >= 4 is 17.8 Å². The van der Waals surface area contributed by atoms with Crippen LogP contribution in [0.25, 0.3) is 0 Å². The predicted octanol–water partition coefficient (Wildman–Crippen LogP) is 1.67. The third-order valence-electron chi connectivity index (χ3n) is 3.47. The number of phenols is 1. The normalized spacial score (nSPS) is 24.9. The Morgan fingerprint density at radius 2 is 2.32 bits per heavy atom. The molecule has 2 aliphatic heterocycles. The van der Waals surface area contributed by atoms with E-state index in [1.165, 1.54) is 24.1 Å². The van der Waals surface area contributed by atoms with Crippen molar-refractivity contribution in [3.05, 3.63) is 17.7 Å². The van der Waals surface area contributed by atoms with Gasteiger partial charge in [-0.3, -0.25) is 9.79 Å². The SMILES string of the molecule is COc1cc2c(cc1O)N=C[C@@H]1C[C@@H](F)CN1C2=O. The van der Waals surface area contributed by atoms with Gasteiger partial charge in [-0.2, -0.15) is 0 Å². The van der Waals surface area contributed by atoms with Crippen LogP contribution < -0.4 is 4.74 Å². The van der Waals surface area contributed by atoms with E-state index >= 15 is 0 Å². The van der Waals surface area contributed by atoms with Crippen molar-refractivity contribution in [2.45, 2.75) is 18.6 Å². The molecule has 0 unspecified atom stereocenters. The molecule has 0 bridgehead atoms. The lowest BCUT2D eigenvalue weighted by Gasteiger charge is -2.19. The third kappa shape index (κ3) is 1.83. The van der Waals surface area contributed by atoms with E-state index in [9.17, 15) is 14.3 Å². The van der Waals surface area contributed by atoms with Crippen LogP contribution in [0.4, 0.5) is 10.1 Å². The Bertz CT molecular complexity index is 573. The molecular weight excluding hydrogens is 251 g/mol. The summed E-state index contributed by atoms with van der Waals surface area (Å²) in [5.74, 6) is -0.149. The molecule has 1 aromatic carbocycles. The summed E-state index contributed by atoms with van der Waals surface area (Å²) < 4.78 is 18.4. The summed E-state index contributed by atoms with van der Waals surface area (Å²) in [5.41, 5.74) is 0.704. The van der Waals surface area contributed by atoms with Crippen LogP contribution in [-0.2, 0) is 0 Å². The van der Waals surface area contributed by atoms with Gasteiger partial charge < -0.3 is 14.7 Å². The van der Waals surface area contributed by atoms with Crippen molar-refractivity contribution in [1.29, 1.82) is 0 Å². The molecule has 19 heavy (non-hydrogen) atoms. The van der Waals surface area contributed by atoms with E-state index in [4.69, 9.17) is 4.74 Å². The van der Waals surface area contributed by atoms with Crippen molar-refractivity contribution < 1.29 is 19.0 Å². The van der Waals surface area contributed by atoms with Crippen LogP contribution in [0.5, 0.6) is 11.5 Å². The molecule has 0 radical (unpaired) electrons. The number of halogens is 1. The maximum Gasteiger partial charge on any atom is 0.256 e. The summed E-state index contributed by atoms with van der Waals surface area (Å²) in [7, 11) is 1.40. The zero-order valence-electron chi connectivity index (χ0n) is 10.3. The average molecular weight is 264 g/mol. The quantitative estimate of drug-likeness (QED) is 0.839. The minimum atomic E-state index is -1.01.